The highest BCUT2D eigenvalue weighted by atomic mass is 16.5. The first-order chi connectivity index (χ1) is 14.9. The summed E-state index contributed by atoms with van der Waals surface area (Å²) in [6.45, 7) is 5.19. The van der Waals surface area contributed by atoms with Crippen molar-refractivity contribution in [3.8, 4) is 0 Å². The second-order valence-corrected chi connectivity index (χ2v) is 8.49. The largest absolute Gasteiger partial charge is 0.375 e. The van der Waals surface area contributed by atoms with Gasteiger partial charge in [0.25, 0.3) is 5.91 Å². The fourth-order valence-corrected chi connectivity index (χ4v) is 4.67. The maximum Gasteiger partial charge on any atom is 0.261 e. The zero-order valence-electron chi connectivity index (χ0n) is 18.9. The third-order valence-corrected chi connectivity index (χ3v) is 6.38. The summed E-state index contributed by atoms with van der Waals surface area (Å²) < 4.78 is 4.90. The molecule has 0 aliphatic carbocycles. The number of guanidine groups is 1. The van der Waals surface area contributed by atoms with Crippen LogP contribution >= 0.6 is 0 Å². The second-order valence-electron chi connectivity index (χ2n) is 8.49. The molecule has 2 amide bonds. The molecule has 0 spiro atoms. The SMILES string of the molecule is CCCCCN1CCC(C2(c3cccc(NC(=O)COC)c3)N=C(N)N(C)C2=O)CC1. The van der Waals surface area contributed by atoms with Gasteiger partial charge in [0.05, 0.1) is 0 Å². The highest BCUT2D eigenvalue weighted by Gasteiger charge is 2.53. The number of benzene rings is 1. The fraction of sp³-hybridized carbons (Fsp3) is 0.609. The molecule has 8 heteroatoms. The number of nitrogens with one attached hydrogen (secondary N) is 1. The van der Waals surface area contributed by atoms with Crippen LogP contribution in [0.4, 0.5) is 5.69 Å². The van der Waals surface area contributed by atoms with Crippen molar-refractivity contribution in [2.45, 2.75) is 44.6 Å². The number of carbonyl (C=O) groups is 2. The van der Waals surface area contributed by atoms with Crippen LogP contribution < -0.4 is 11.1 Å². The van der Waals surface area contributed by atoms with E-state index in [-0.39, 0.29) is 30.3 Å². The zero-order chi connectivity index (χ0) is 22.4. The number of aliphatic imine (C=N–C) groups is 1. The average Bonchev–Trinajstić information content (AvgIpc) is 2.99. The van der Waals surface area contributed by atoms with E-state index < -0.39 is 5.54 Å². The van der Waals surface area contributed by atoms with Gasteiger partial charge in [-0.2, -0.15) is 0 Å². The van der Waals surface area contributed by atoms with Crippen LogP contribution in [-0.2, 0) is 19.9 Å². The van der Waals surface area contributed by atoms with Crippen LogP contribution in [0.15, 0.2) is 29.3 Å². The summed E-state index contributed by atoms with van der Waals surface area (Å²) >= 11 is 0. The minimum Gasteiger partial charge on any atom is -0.375 e. The summed E-state index contributed by atoms with van der Waals surface area (Å²) in [7, 11) is 3.15. The lowest BCUT2D eigenvalue weighted by Gasteiger charge is -2.40. The number of nitrogens with two attached hydrogens (primary N) is 1. The van der Waals surface area contributed by atoms with Gasteiger partial charge in [-0.15, -0.1) is 0 Å². The maximum atomic E-state index is 13.5. The standard InChI is InChI=1S/C23H35N5O3/c1-4-5-6-12-28-13-10-17(11-14-28)23(21(30)27(2)22(24)26-23)18-8-7-9-19(15-18)25-20(29)16-31-3/h7-9,15,17H,4-6,10-14,16H2,1-3H3,(H2,24,26)(H,25,29). The number of nitrogens with zero attached hydrogens (tertiary/aromatic N) is 3. The van der Waals surface area contributed by atoms with E-state index in [0.717, 1.165) is 38.0 Å². The van der Waals surface area contributed by atoms with Gasteiger partial charge in [-0.25, -0.2) is 4.99 Å². The first-order valence-electron chi connectivity index (χ1n) is 11.2. The van der Waals surface area contributed by atoms with Crippen LogP contribution in [0.25, 0.3) is 0 Å². The highest BCUT2D eigenvalue weighted by molar-refractivity contribution is 6.07. The molecule has 0 radical (unpaired) electrons. The molecule has 8 nitrogen and oxygen atoms in total. The Hall–Kier alpha value is -2.45. The number of hydrogen-bond acceptors (Lipinski definition) is 6. The van der Waals surface area contributed by atoms with Gasteiger partial charge in [-0.1, -0.05) is 31.9 Å². The summed E-state index contributed by atoms with van der Waals surface area (Å²) in [4.78, 5) is 34.1. The Balaban J connectivity index is 1.85. The van der Waals surface area contributed by atoms with Gasteiger partial charge in [0.1, 0.15) is 6.61 Å². The maximum absolute atomic E-state index is 13.5. The summed E-state index contributed by atoms with van der Waals surface area (Å²) in [5.74, 6) is -0.0539. The van der Waals surface area contributed by atoms with Gasteiger partial charge in [0, 0.05) is 19.8 Å². The number of methoxy groups -OCH3 is 1. The van der Waals surface area contributed by atoms with Crippen molar-refractivity contribution in [2.75, 3.05) is 45.7 Å². The molecule has 1 unspecified atom stereocenters. The number of anilines is 1. The van der Waals surface area contributed by atoms with Crippen LogP contribution in [0.3, 0.4) is 0 Å². The van der Waals surface area contributed by atoms with E-state index in [0.29, 0.717) is 5.69 Å². The van der Waals surface area contributed by atoms with Crippen molar-refractivity contribution < 1.29 is 14.3 Å². The Bertz CT molecular complexity index is 819. The quantitative estimate of drug-likeness (QED) is 0.586. The van der Waals surface area contributed by atoms with E-state index in [4.69, 9.17) is 15.5 Å². The number of likely N-dealkylation sites (N-methyl/N-ethyl adjacent to an activating group) is 1. The first kappa shape index (κ1) is 23.2. The number of rotatable bonds is 9. The Morgan fingerprint density at radius 2 is 2.06 bits per heavy atom. The van der Waals surface area contributed by atoms with E-state index in [1.165, 1.54) is 31.3 Å². The zero-order valence-corrected chi connectivity index (χ0v) is 18.9. The minimum atomic E-state index is -1.05. The molecule has 1 atom stereocenters. The van der Waals surface area contributed by atoms with E-state index in [1.54, 1.807) is 13.1 Å². The van der Waals surface area contributed by atoms with E-state index in [2.05, 4.69) is 17.1 Å². The predicted molar refractivity (Wildman–Crippen MR) is 122 cm³/mol. The Morgan fingerprint density at radius 3 is 2.68 bits per heavy atom. The van der Waals surface area contributed by atoms with E-state index in [9.17, 15) is 9.59 Å². The van der Waals surface area contributed by atoms with Crippen LogP contribution in [0.1, 0.15) is 44.6 Å². The molecule has 0 saturated carbocycles. The van der Waals surface area contributed by atoms with Crippen LogP contribution in [0, 0.1) is 5.92 Å². The highest BCUT2D eigenvalue weighted by Crippen LogP contribution is 2.44. The smallest absolute Gasteiger partial charge is 0.261 e. The molecule has 2 aliphatic rings. The molecule has 2 aliphatic heterocycles. The molecule has 2 heterocycles. The van der Waals surface area contributed by atoms with E-state index >= 15 is 0 Å². The predicted octanol–water partition coefficient (Wildman–Crippen LogP) is 2.16. The number of ether oxygens (including phenoxy) is 1. The Kier molecular flexibility index (Phi) is 7.67. The topological polar surface area (TPSA) is 100 Å². The van der Waals surface area contributed by atoms with Crippen LogP contribution in [0.2, 0.25) is 0 Å². The van der Waals surface area contributed by atoms with E-state index in [1.807, 2.05) is 18.2 Å². The van der Waals surface area contributed by atoms with Gasteiger partial charge >= 0.3 is 0 Å². The lowest BCUT2D eigenvalue weighted by molar-refractivity contribution is -0.133. The monoisotopic (exact) mass is 429 g/mol. The van der Waals surface area contributed by atoms with Crippen molar-refractivity contribution in [3.05, 3.63) is 29.8 Å². The first-order valence-corrected chi connectivity index (χ1v) is 11.2. The van der Waals surface area contributed by atoms with Crippen molar-refractivity contribution in [3.63, 3.8) is 0 Å². The molecule has 0 bridgehead atoms. The lowest BCUT2D eigenvalue weighted by atomic mass is 9.73. The second kappa shape index (κ2) is 10.2. The molecule has 1 aromatic carbocycles. The van der Waals surface area contributed by atoms with Gasteiger partial charge in [-0.3, -0.25) is 14.5 Å². The number of unbranched alkanes of at least 4 members (excludes halogenated alkanes) is 2. The van der Waals surface area contributed by atoms with Crippen molar-refractivity contribution >= 4 is 23.5 Å². The van der Waals surface area contributed by atoms with Gasteiger partial charge < -0.3 is 20.7 Å². The molecule has 1 saturated heterocycles. The molecule has 31 heavy (non-hydrogen) atoms. The molecule has 1 fully saturated rings. The van der Waals surface area contributed by atoms with Crippen LogP contribution in [0.5, 0.6) is 0 Å². The number of hydrogen-bond donors (Lipinski definition) is 2. The van der Waals surface area contributed by atoms with Gasteiger partial charge in [-0.05, 0) is 62.5 Å². The molecular formula is C23H35N5O3. The third kappa shape index (κ3) is 4.91. The number of piperidine rings is 1. The molecule has 3 rings (SSSR count). The normalized spacial score (nSPS) is 22.6. The van der Waals surface area contributed by atoms with Crippen LogP contribution in [-0.4, -0.2) is 68.0 Å². The fourth-order valence-electron chi connectivity index (χ4n) is 4.67. The number of carbonyl (C=O) groups excluding carboxylic acids is 2. The Labute approximate surface area is 184 Å². The number of amides is 2. The van der Waals surface area contributed by atoms with Crippen molar-refractivity contribution in [1.82, 2.24) is 9.80 Å². The molecule has 3 N–H and O–H groups in total. The van der Waals surface area contributed by atoms with Gasteiger partial charge in [0.15, 0.2) is 11.5 Å². The summed E-state index contributed by atoms with van der Waals surface area (Å²) in [5.41, 5.74) is 6.45. The average molecular weight is 430 g/mol. The Morgan fingerprint density at radius 1 is 1.32 bits per heavy atom. The van der Waals surface area contributed by atoms with Crippen molar-refractivity contribution in [2.24, 2.45) is 16.6 Å². The van der Waals surface area contributed by atoms with Gasteiger partial charge in [0.2, 0.25) is 5.91 Å². The lowest BCUT2D eigenvalue weighted by Crippen LogP contribution is -2.48. The molecular weight excluding hydrogens is 394 g/mol. The minimum absolute atomic E-state index is 0.0291. The molecule has 0 aromatic heterocycles. The molecule has 170 valence electrons. The number of likely N-dealkylation sites (tertiary alicyclic amines) is 1. The summed E-state index contributed by atoms with van der Waals surface area (Å²) in [6, 6.07) is 7.40. The summed E-state index contributed by atoms with van der Waals surface area (Å²) in [5, 5.41) is 2.82. The molecule has 1 aromatic rings. The van der Waals surface area contributed by atoms with Crippen molar-refractivity contribution in [1.29, 1.82) is 0 Å². The third-order valence-electron chi connectivity index (χ3n) is 6.38. The summed E-state index contributed by atoms with van der Waals surface area (Å²) in [6.07, 6.45) is 5.43.